The van der Waals surface area contributed by atoms with Gasteiger partial charge in [-0.2, -0.15) is 0 Å². The van der Waals surface area contributed by atoms with E-state index in [1.807, 2.05) is 5.01 Å². The Morgan fingerprint density at radius 3 is 2.76 bits per heavy atom. The number of amides is 1. The third-order valence-electron chi connectivity index (χ3n) is 3.66. The number of likely N-dealkylation sites (N-methyl/N-ethyl adjacent to an activating group) is 1. The van der Waals surface area contributed by atoms with E-state index in [1.54, 1.807) is 6.07 Å². The monoisotopic (exact) mass is 308 g/mol. The molecule has 1 aliphatic heterocycles. The third kappa shape index (κ3) is 2.85. The van der Waals surface area contributed by atoms with Gasteiger partial charge >= 0.3 is 0 Å². The van der Waals surface area contributed by atoms with Gasteiger partial charge in [-0.3, -0.25) is 10.2 Å². The molecular formula is C14H17FN4OS. The van der Waals surface area contributed by atoms with Crippen LogP contribution < -0.4 is 11.2 Å². The smallest absolute Gasteiger partial charge is 0.277 e. The van der Waals surface area contributed by atoms with Gasteiger partial charge in [0.1, 0.15) is 10.7 Å². The summed E-state index contributed by atoms with van der Waals surface area (Å²) in [5.74, 6) is -0.573. The molecule has 3 rings (SSSR count). The summed E-state index contributed by atoms with van der Waals surface area (Å²) in [6.07, 6.45) is 0. The SMILES string of the molecule is CN1CCN(NC(=O)c2sc3ccc(F)cc3c2N)CC1. The summed E-state index contributed by atoms with van der Waals surface area (Å²) in [6.45, 7) is 3.38. The van der Waals surface area contributed by atoms with Gasteiger partial charge < -0.3 is 10.6 Å². The minimum Gasteiger partial charge on any atom is -0.397 e. The molecule has 5 nitrogen and oxygen atoms in total. The maximum absolute atomic E-state index is 13.3. The lowest BCUT2D eigenvalue weighted by Crippen LogP contribution is -2.52. The molecular weight excluding hydrogens is 291 g/mol. The number of carbonyl (C=O) groups excluding carboxylic acids is 1. The van der Waals surface area contributed by atoms with Crippen LogP contribution in [0, 0.1) is 5.82 Å². The number of halogens is 1. The molecule has 0 saturated carbocycles. The first-order valence-corrected chi connectivity index (χ1v) is 7.58. The summed E-state index contributed by atoms with van der Waals surface area (Å²) in [5.41, 5.74) is 9.22. The highest BCUT2D eigenvalue weighted by molar-refractivity contribution is 7.21. The van der Waals surface area contributed by atoms with Crippen LogP contribution in [0.25, 0.3) is 10.1 Å². The second kappa shape index (κ2) is 5.59. The van der Waals surface area contributed by atoms with Crippen molar-refractivity contribution >= 4 is 33.0 Å². The minimum atomic E-state index is -0.349. The van der Waals surface area contributed by atoms with E-state index < -0.39 is 0 Å². The molecule has 0 aliphatic carbocycles. The number of benzene rings is 1. The van der Waals surface area contributed by atoms with E-state index in [1.165, 1.54) is 23.5 Å². The summed E-state index contributed by atoms with van der Waals surface area (Å²) >= 11 is 1.29. The van der Waals surface area contributed by atoms with E-state index >= 15 is 0 Å². The quantitative estimate of drug-likeness (QED) is 0.883. The number of hydrogen-bond donors (Lipinski definition) is 2. The molecule has 2 aromatic rings. The Kier molecular flexibility index (Phi) is 3.79. The lowest BCUT2D eigenvalue weighted by molar-refractivity contribution is 0.0667. The van der Waals surface area contributed by atoms with Gasteiger partial charge in [-0.25, -0.2) is 9.40 Å². The van der Waals surface area contributed by atoms with E-state index in [2.05, 4.69) is 17.4 Å². The van der Waals surface area contributed by atoms with Crippen molar-refractivity contribution in [3.05, 3.63) is 28.9 Å². The summed E-state index contributed by atoms with van der Waals surface area (Å²) in [7, 11) is 2.05. The van der Waals surface area contributed by atoms with E-state index in [0.29, 0.717) is 16.0 Å². The number of piperazine rings is 1. The summed E-state index contributed by atoms with van der Waals surface area (Å²) in [4.78, 5) is 15.0. The Bertz CT molecular complexity index is 679. The van der Waals surface area contributed by atoms with Gasteiger partial charge in [0.15, 0.2) is 0 Å². The molecule has 1 aliphatic rings. The van der Waals surface area contributed by atoms with Crippen LogP contribution in [0.3, 0.4) is 0 Å². The Balaban J connectivity index is 1.80. The van der Waals surface area contributed by atoms with Gasteiger partial charge in [0.2, 0.25) is 0 Å². The first-order valence-electron chi connectivity index (χ1n) is 6.76. The molecule has 1 amide bonds. The molecule has 1 saturated heterocycles. The Labute approximate surface area is 126 Å². The molecule has 21 heavy (non-hydrogen) atoms. The Morgan fingerprint density at radius 2 is 2.05 bits per heavy atom. The first kappa shape index (κ1) is 14.2. The standard InChI is InChI=1S/C14H17FN4OS/c1-18-4-6-19(7-5-18)17-14(20)13-12(16)10-8-9(15)2-3-11(10)21-13/h2-3,8H,4-7,16H2,1H3,(H,17,20). The van der Waals surface area contributed by atoms with Crippen LogP contribution in [0.15, 0.2) is 18.2 Å². The number of fused-ring (bicyclic) bond motifs is 1. The lowest BCUT2D eigenvalue weighted by Gasteiger charge is -2.32. The fourth-order valence-corrected chi connectivity index (χ4v) is 3.36. The summed E-state index contributed by atoms with van der Waals surface area (Å²) in [6, 6.07) is 4.40. The van der Waals surface area contributed by atoms with Crippen molar-refractivity contribution in [1.82, 2.24) is 15.3 Å². The molecule has 0 radical (unpaired) electrons. The average molecular weight is 308 g/mol. The third-order valence-corrected chi connectivity index (χ3v) is 4.84. The lowest BCUT2D eigenvalue weighted by atomic mass is 10.2. The molecule has 0 spiro atoms. The highest BCUT2D eigenvalue weighted by Crippen LogP contribution is 2.33. The van der Waals surface area contributed by atoms with Gasteiger partial charge in [0.05, 0.1) is 5.69 Å². The molecule has 1 aromatic heterocycles. The predicted octanol–water partition coefficient (Wildman–Crippen LogP) is 1.51. The van der Waals surface area contributed by atoms with E-state index in [-0.39, 0.29) is 11.7 Å². The van der Waals surface area contributed by atoms with Crippen molar-refractivity contribution in [1.29, 1.82) is 0 Å². The van der Waals surface area contributed by atoms with Crippen molar-refractivity contribution in [2.45, 2.75) is 0 Å². The zero-order chi connectivity index (χ0) is 15.0. The minimum absolute atomic E-state index is 0.223. The Morgan fingerprint density at radius 1 is 1.33 bits per heavy atom. The highest BCUT2D eigenvalue weighted by atomic mass is 32.1. The molecule has 2 heterocycles. The van der Waals surface area contributed by atoms with Crippen LogP contribution in [0.1, 0.15) is 9.67 Å². The van der Waals surface area contributed by atoms with Gasteiger partial charge in [0.25, 0.3) is 5.91 Å². The van der Waals surface area contributed by atoms with Crippen molar-refractivity contribution in [3.63, 3.8) is 0 Å². The maximum Gasteiger partial charge on any atom is 0.277 e. The molecule has 112 valence electrons. The molecule has 7 heteroatoms. The number of anilines is 1. The number of rotatable bonds is 2. The molecule has 0 bridgehead atoms. The molecule has 0 atom stereocenters. The highest BCUT2D eigenvalue weighted by Gasteiger charge is 2.20. The van der Waals surface area contributed by atoms with Crippen LogP contribution in [-0.2, 0) is 0 Å². The number of hydrazine groups is 1. The largest absolute Gasteiger partial charge is 0.397 e. The Hall–Kier alpha value is -1.70. The van der Waals surface area contributed by atoms with Crippen LogP contribution in [-0.4, -0.2) is 49.0 Å². The maximum atomic E-state index is 13.3. The van der Waals surface area contributed by atoms with Gasteiger partial charge in [-0.15, -0.1) is 11.3 Å². The summed E-state index contributed by atoms with van der Waals surface area (Å²) in [5, 5.41) is 2.50. The first-order chi connectivity index (χ1) is 10.0. The van der Waals surface area contributed by atoms with Gasteiger partial charge in [0, 0.05) is 36.3 Å². The molecule has 3 N–H and O–H groups in total. The summed E-state index contributed by atoms with van der Waals surface area (Å²) < 4.78 is 14.1. The van der Waals surface area contributed by atoms with Crippen LogP contribution >= 0.6 is 11.3 Å². The second-order valence-corrected chi connectivity index (χ2v) is 6.27. The van der Waals surface area contributed by atoms with E-state index in [4.69, 9.17) is 5.73 Å². The normalized spacial score (nSPS) is 17.2. The number of nitrogens with two attached hydrogens (primary N) is 1. The number of thiophene rings is 1. The fraction of sp³-hybridized carbons (Fsp3) is 0.357. The van der Waals surface area contributed by atoms with E-state index in [0.717, 1.165) is 30.9 Å². The van der Waals surface area contributed by atoms with E-state index in [9.17, 15) is 9.18 Å². The topological polar surface area (TPSA) is 61.6 Å². The fourth-order valence-electron chi connectivity index (χ4n) is 2.37. The second-order valence-electron chi connectivity index (χ2n) is 5.22. The van der Waals surface area contributed by atoms with Crippen molar-refractivity contribution in [2.75, 3.05) is 39.0 Å². The number of hydrogen-bond acceptors (Lipinski definition) is 5. The van der Waals surface area contributed by atoms with Crippen molar-refractivity contribution < 1.29 is 9.18 Å². The number of carbonyl (C=O) groups is 1. The van der Waals surface area contributed by atoms with Crippen LogP contribution in [0.2, 0.25) is 0 Å². The number of nitrogens with zero attached hydrogens (tertiary/aromatic N) is 2. The zero-order valence-electron chi connectivity index (χ0n) is 11.7. The van der Waals surface area contributed by atoms with Crippen molar-refractivity contribution in [2.24, 2.45) is 0 Å². The average Bonchev–Trinajstić information content (AvgIpc) is 2.79. The van der Waals surface area contributed by atoms with Gasteiger partial charge in [-0.05, 0) is 25.2 Å². The van der Waals surface area contributed by atoms with Crippen LogP contribution in [0.4, 0.5) is 10.1 Å². The van der Waals surface area contributed by atoms with Crippen molar-refractivity contribution in [3.8, 4) is 0 Å². The molecule has 1 aromatic carbocycles. The van der Waals surface area contributed by atoms with Crippen LogP contribution in [0.5, 0.6) is 0 Å². The molecule has 1 fully saturated rings. The zero-order valence-corrected chi connectivity index (χ0v) is 12.5. The number of nitrogens with one attached hydrogen (secondary N) is 1. The predicted molar refractivity (Wildman–Crippen MR) is 82.7 cm³/mol. The van der Waals surface area contributed by atoms with Gasteiger partial charge in [-0.1, -0.05) is 0 Å². The number of nitrogen functional groups attached to an aromatic ring is 1. The molecule has 0 unspecified atom stereocenters.